The highest BCUT2D eigenvalue weighted by atomic mass is 35.5. The van der Waals surface area contributed by atoms with Gasteiger partial charge in [0.15, 0.2) is 0 Å². The molecule has 0 unspecified atom stereocenters. The van der Waals surface area contributed by atoms with E-state index in [-0.39, 0.29) is 10.6 Å². The number of benzene rings is 2. The summed E-state index contributed by atoms with van der Waals surface area (Å²) < 4.78 is 26.9. The summed E-state index contributed by atoms with van der Waals surface area (Å²) in [6.07, 6.45) is 1.76. The number of aromatic hydroxyl groups is 1. The lowest BCUT2D eigenvalue weighted by atomic mass is 10.1. The molecule has 0 aliphatic carbocycles. The van der Waals surface area contributed by atoms with E-state index in [1.54, 1.807) is 24.3 Å². The molecule has 0 fully saturated rings. The molecule has 8 heteroatoms. The molecule has 0 atom stereocenters. The van der Waals surface area contributed by atoms with Gasteiger partial charge in [0.25, 0.3) is 0 Å². The van der Waals surface area contributed by atoms with Gasteiger partial charge in [0.05, 0.1) is 21.0 Å². The number of nitrogens with zero attached hydrogens (tertiary/aromatic N) is 2. The maximum atomic E-state index is 12.7. The first-order chi connectivity index (χ1) is 13.7. The van der Waals surface area contributed by atoms with Crippen molar-refractivity contribution in [2.45, 2.75) is 32.6 Å². The highest BCUT2D eigenvalue weighted by molar-refractivity contribution is 7.89. The van der Waals surface area contributed by atoms with Crippen LogP contribution in [-0.4, -0.2) is 40.9 Å². The third-order valence-corrected chi connectivity index (χ3v) is 7.16. The Morgan fingerprint density at radius 1 is 1.17 bits per heavy atom. The molecule has 0 saturated heterocycles. The molecule has 154 valence electrons. The van der Waals surface area contributed by atoms with Crippen LogP contribution in [0.1, 0.15) is 36.4 Å². The lowest BCUT2D eigenvalue weighted by Crippen LogP contribution is -2.30. The first kappa shape index (κ1) is 21.4. The zero-order valence-electron chi connectivity index (χ0n) is 16.8. The van der Waals surface area contributed by atoms with E-state index in [1.165, 1.54) is 4.31 Å². The maximum absolute atomic E-state index is 12.7. The molecule has 0 aliphatic rings. The van der Waals surface area contributed by atoms with Crippen LogP contribution in [0.3, 0.4) is 0 Å². The summed E-state index contributed by atoms with van der Waals surface area (Å²) in [5, 5.41) is 10.3. The Hall–Kier alpha value is -2.35. The van der Waals surface area contributed by atoms with Crippen molar-refractivity contribution in [3.05, 3.63) is 52.8 Å². The van der Waals surface area contributed by atoms with Gasteiger partial charge in [0, 0.05) is 13.1 Å². The molecule has 3 rings (SSSR count). The van der Waals surface area contributed by atoms with Crippen LogP contribution in [0, 0.1) is 13.8 Å². The smallest absolute Gasteiger partial charge is 0.243 e. The average molecular weight is 434 g/mol. The van der Waals surface area contributed by atoms with E-state index in [2.05, 4.69) is 9.97 Å². The molecule has 2 aromatic carbocycles. The molecule has 6 nitrogen and oxygen atoms in total. The second-order valence-electron chi connectivity index (χ2n) is 6.85. The predicted octanol–water partition coefficient (Wildman–Crippen LogP) is 4.65. The third-order valence-electron chi connectivity index (χ3n) is 4.83. The maximum Gasteiger partial charge on any atom is 0.243 e. The number of phenolic OH excluding ortho intramolecular Hbond substituents is 1. The van der Waals surface area contributed by atoms with Crippen LogP contribution in [0.2, 0.25) is 0 Å². The molecule has 1 aromatic heterocycles. The predicted molar refractivity (Wildman–Crippen MR) is 118 cm³/mol. The summed E-state index contributed by atoms with van der Waals surface area (Å²) in [5.41, 5.74) is 3.59. The molecular formula is C21H24ClN3O3S. The van der Waals surface area contributed by atoms with Gasteiger partial charge in [-0.1, -0.05) is 25.4 Å². The second-order valence-corrected chi connectivity index (χ2v) is 9.19. The van der Waals surface area contributed by atoms with E-state index >= 15 is 0 Å². The first-order valence-corrected chi connectivity index (χ1v) is 11.2. The van der Waals surface area contributed by atoms with Crippen molar-refractivity contribution >= 4 is 43.8 Å². The Labute approximate surface area is 175 Å². The number of H-pyrrole nitrogens is 1. The van der Waals surface area contributed by atoms with E-state index in [0.717, 1.165) is 16.7 Å². The van der Waals surface area contributed by atoms with Gasteiger partial charge in [-0.25, -0.2) is 13.4 Å². The minimum atomic E-state index is -3.55. The lowest BCUT2D eigenvalue weighted by molar-refractivity contribution is 0.445. The fraction of sp³-hybridized carbons (Fsp3) is 0.286. The van der Waals surface area contributed by atoms with Crippen LogP contribution in [0.25, 0.3) is 22.1 Å². The minimum absolute atomic E-state index is 0.216. The number of rotatable bonds is 6. The lowest BCUT2D eigenvalue weighted by Gasteiger charge is -2.18. The molecule has 3 aromatic rings. The molecule has 1 heterocycles. The van der Waals surface area contributed by atoms with Crippen molar-refractivity contribution in [2.24, 2.45) is 0 Å². The van der Waals surface area contributed by atoms with Crippen molar-refractivity contribution in [2.75, 3.05) is 13.1 Å². The number of nitrogens with one attached hydrogen (secondary N) is 1. The number of hydrogen-bond acceptors (Lipinski definition) is 4. The molecule has 29 heavy (non-hydrogen) atoms. The Morgan fingerprint density at radius 2 is 1.79 bits per heavy atom. The molecule has 0 radical (unpaired) electrons. The standard InChI is InChI=1S/C21H24ClN3O3S/c1-5-25(6-2)29(27,28)16-7-8-18-19(12-16)24-21(23-18)17(22)11-15-9-13(3)20(26)14(4)10-15/h7-12,26H,5-6H2,1-4H3,(H,23,24)/b17-11-. The van der Waals surface area contributed by atoms with Gasteiger partial charge < -0.3 is 10.1 Å². The number of phenols is 1. The number of aromatic nitrogens is 2. The quantitative estimate of drug-likeness (QED) is 0.592. The average Bonchev–Trinajstić information content (AvgIpc) is 3.10. The normalized spacial score (nSPS) is 12.8. The van der Waals surface area contributed by atoms with E-state index in [1.807, 2.05) is 39.8 Å². The second kappa shape index (κ2) is 8.18. The summed E-state index contributed by atoms with van der Waals surface area (Å²) in [7, 11) is -3.55. The fourth-order valence-corrected chi connectivity index (χ4v) is 4.96. The Balaban J connectivity index is 2.00. The van der Waals surface area contributed by atoms with E-state index in [0.29, 0.717) is 35.0 Å². The van der Waals surface area contributed by atoms with Crippen molar-refractivity contribution < 1.29 is 13.5 Å². The molecule has 0 aliphatic heterocycles. The van der Waals surface area contributed by atoms with Crippen LogP contribution in [0.4, 0.5) is 0 Å². The van der Waals surface area contributed by atoms with E-state index < -0.39 is 10.0 Å². The number of imidazole rings is 1. The Morgan fingerprint density at radius 3 is 2.38 bits per heavy atom. The first-order valence-electron chi connectivity index (χ1n) is 9.35. The molecule has 0 amide bonds. The topological polar surface area (TPSA) is 86.3 Å². The summed E-state index contributed by atoms with van der Waals surface area (Å²) in [5.74, 6) is 0.714. The SMILES string of the molecule is CCN(CC)S(=O)(=O)c1ccc2nc(/C(Cl)=C/c3cc(C)c(O)c(C)c3)[nH]c2c1. The molecular weight excluding hydrogens is 410 g/mol. The summed E-state index contributed by atoms with van der Waals surface area (Å²) in [4.78, 5) is 7.78. The van der Waals surface area contributed by atoms with Gasteiger partial charge in [-0.2, -0.15) is 4.31 Å². The van der Waals surface area contributed by atoms with Crippen molar-refractivity contribution in [3.8, 4) is 5.75 Å². The minimum Gasteiger partial charge on any atom is -0.507 e. The Bertz CT molecular complexity index is 1170. The van der Waals surface area contributed by atoms with Gasteiger partial charge in [-0.3, -0.25) is 0 Å². The van der Waals surface area contributed by atoms with Crippen molar-refractivity contribution in [1.29, 1.82) is 0 Å². The van der Waals surface area contributed by atoms with Crippen LogP contribution < -0.4 is 0 Å². The van der Waals surface area contributed by atoms with E-state index in [9.17, 15) is 13.5 Å². The zero-order valence-corrected chi connectivity index (χ0v) is 18.4. The van der Waals surface area contributed by atoms with Crippen LogP contribution in [-0.2, 0) is 10.0 Å². The van der Waals surface area contributed by atoms with Gasteiger partial charge >= 0.3 is 0 Å². The number of halogens is 1. The van der Waals surface area contributed by atoms with Gasteiger partial charge in [-0.05, 0) is 66.9 Å². The zero-order chi connectivity index (χ0) is 21.3. The van der Waals surface area contributed by atoms with Gasteiger partial charge in [0.2, 0.25) is 10.0 Å². The van der Waals surface area contributed by atoms with Crippen molar-refractivity contribution in [1.82, 2.24) is 14.3 Å². The van der Waals surface area contributed by atoms with Gasteiger partial charge in [0.1, 0.15) is 11.6 Å². The van der Waals surface area contributed by atoms with Crippen LogP contribution in [0.5, 0.6) is 5.75 Å². The molecule has 0 spiro atoms. The molecule has 2 N–H and O–H groups in total. The highest BCUT2D eigenvalue weighted by Gasteiger charge is 2.22. The summed E-state index contributed by atoms with van der Waals surface area (Å²) >= 11 is 6.46. The Kier molecular flexibility index (Phi) is 6.03. The molecule has 0 saturated carbocycles. The largest absolute Gasteiger partial charge is 0.507 e. The summed E-state index contributed by atoms with van der Waals surface area (Å²) in [6, 6.07) is 8.48. The number of aryl methyl sites for hydroxylation is 2. The van der Waals surface area contributed by atoms with Crippen LogP contribution in [0.15, 0.2) is 35.2 Å². The number of fused-ring (bicyclic) bond motifs is 1. The molecule has 0 bridgehead atoms. The van der Waals surface area contributed by atoms with Crippen LogP contribution >= 0.6 is 11.6 Å². The highest BCUT2D eigenvalue weighted by Crippen LogP contribution is 2.28. The number of hydrogen-bond donors (Lipinski definition) is 2. The van der Waals surface area contributed by atoms with Crippen molar-refractivity contribution in [3.63, 3.8) is 0 Å². The number of sulfonamides is 1. The number of aromatic amines is 1. The fourth-order valence-electron chi connectivity index (χ4n) is 3.26. The van der Waals surface area contributed by atoms with E-state index in [4.69, 9.17) is 11.6 Å². The summed E-state index contributed by atoms with van der Waals surface area (Å²) in [6.45, 7) is 8.09. The third kappa shape index (κ3) is 4.17. The van der Waals surface area contributed by atoms with Gasteiger partial charge in [-0.15, -0.1) is 0 Å². The monoisotopic (exact) mass is 433 g/mol.